The van der Waals surface area contributed by atoms with Crippen molar-refractivity contribution >= 4 is 11.8 Å². The quantitative estimate of drug-likeness (QED) is 0.274. The first-order valence-electron chi connectivity index (χ1n) is 12.7. The Labute approximate surface area is 201 Å². The first kappa shape index (κ1) is 28.6. The zero-order valence-corrected chi connectivity index (χ0v) is 21.2. The average Bonchev–Trinajstić information content (AvgIpc) is 3.04. The Hall–Kier alpha value is -2.40. The molecule has 0 aromatic rings. The summed E-state index contributed by atoms with van der Waals surface area (Å²) in [5, 5.41) is 12.3. The molecule has 1 heterocycles. The Balaban J connectivity index is 0.00000265. The van der Waals surface area contributed by atoms with E-state index in [1.54, 1.807) is 0 Å². The fourth-order valence-corrected chi connectivity index (χ4v) is 3.97. The molecule has 2 aliphatic rings. The molecule has 33 heavy (non-hydrogen) atoms. The number of nitrogens with one attached hydrogen (secondary N) is 1. The van der Waals surface area contributed by atoms with Crippen LogP contribution >= 0.6 is 0 Å². The van der Waals surface area contributed by atoms with Crippen LogP contribution in [0, 0.1) is 0 Å². The summed E-state index contributed by atoms with van der Waals surface area (Å²) in [6.45, 7) is 13.8. The topological polar surface area (TPSA) is 69.6 Å². The number of rotatable bonds is 13. The largest absolute Gasteiger partial charge is 0.396 e. The zero-order chi connectivity index (χ0) is 24.6. The lowest BCUT2D eigenvalue weighted by Gasteiger charge is -2.21. The highest BCUT2D eigenvalue weighted by Crippen LogP contribution is 2.34. The van der Waals surface area contributed by atoms with Gasteiger partial charge in [-0.3, -0.25) is 14.5 Å². The van der Waals surface area contributed by atoms with Gasteiger partial charge in [0.1, 0.15) is 0 Å². The van der Waals surface area contributed by atoms with Crippen molar-refractivity contribution in [3.05, 3.63) is 58.9 Å². The second-order valence-electron chi connectivity index (χ2n) is 8.21. The van der Waals surface area contributed by atoms with Crippen LogP contribution in [0.4, 0.5) is 0 Å². The second kappa shape index (κ2) is 16.2. The van der Waals surface area contributed by atoms with E-state index in [4.69, 9.17) is 5.11 Å². The SMILES string of the molecule is C=C1C(NCCCCCCO)=CC=C2CC1=C(/C=C\C)C(=O)N(CCCCCC)C2=O.CC. The Bertz CT molecular complexity index is 787. The second-order valence-corrected chi connectivity index (χ2v) is 8.21. The van der Waals surface area contributed by atoms with E-state index in [2.05, 4.69) is 18.8 Å². The molecular formula is C28H44N2O3. The molecule has 0 radical (unpaired) electrons. The third-order valence-corrected chi connectivity index (χ3v) is 5.80. The lowest BCUT2D eigenvalue weighted by atomic mass is 9.94. The van der Waals surface area contributed by atoms with Gasteiger partial charge in [-0.15, -0.1) is 0 Å². The van der Waals surface area contributed by atoms with Gasteiger partial charge in [0, 0.05) is 43.0 Å². The normalized spacial score (nSPS) is 16.3. The lowest BCUT2D eigenvalue weighted by Crippen LogP contribution is -2.38. The van der Waals surface area contributed by atoms with Crippen LogP contribution in [-0.4, -0.2) is 41.5 Å². The molecule has 0 atom stereocenters. The lowest BCUT2D eigenvalue weighted by molar-refractivity contribution is -0.139. The van der Waals surface area contributed by atoms with Crippen LogP contribution in [0.15, 0.2) is 58.9 Å². The van der Waals surface area contributed by atoms with E-state index in [9.17, 15) is 9.59 Å². The van der Waals surface area contributed by atoms with Gasteiger partial charge in [-0.1, -0.05) is 77.7 Å². The van der Waals surface area contributed by atoms with Crippen molar-refractivity contribution < 1.29 is 14.7 Å². The molecule has 184 valence electrons. The maximum atomic E-state index is 13.3. The van der Waals surface area contributed by atoms with E-state index >= 15 is 0 Å². The summed E-state index contributed by atoms with van der Waals surface area (Å²) in [4.78, 5) is 28.0. The van der Waals surface area contributed by atoms with E-state index in [-0.39, 0.29) is 18.4 Å². The Morgan fingerprint density at radius 2 is 1.73 bits per heavy atom. The Morgan fingerprint density at radius 3 is 2.39 bits per heavy atom. The van der Waals surface area contributed by atoms with E-state index in [1.165, 1.54) is 4.90 Å². The maximum Gasteiger partial charge on any atom is 0.261 e. The van der Waals surface area contributed by atoms with Gasteiger partial charge < -0.3 is 10.4 Å². The van der Waals surface area contributed by atoms with Crippen LogP contribution in [0.3, 0.4) is 0 Å². The van der Waals surface area contributed by atoms with Crippen LogP contribution in [0.25, 0.3) is 0 Å². The number of carbonyl (C=O) groups excluding carboxylic acids is 2. The zero-order valence-electron chi connectivity index (χ0n) is 21.2. The first-order chi connectivity index (χ1) is 16.0. The summed E-state index contributed by atoms with van der Waals surface area (Å²) in [5.41, 5.74) is 3.68. The number of allylic oxidation sites excluding steroid dienone is 4. The van der Waals surface area contributed by atoms with Crippen LogP contribution in [-0.2, 0) is 9.59 Å². The van der Waals surface area contributed by atoms with Crippen LogP contribution in [0.1, 0.15) is 85.5 Å². The standard InChI is InChI=1S/C26H38N2O3.C2H6/c1-4-6-7-11-17-28-25(30)21-14-15-24(27-16-10-8-9-12-18-29)20(3)23(19-21)22(13-5-2)26(28)31;1-2/h5,13-15,27,29H,3-4,6-12,16-19H2,1-2H3;1-2H3/b13-5-;. The van der Waals surface area contributed by atoms with Gasteiger partial charge in [0.15, 0.2) is 0 Å². The third-order valence-electron chi connectivity index (χ3n) is 5.80. The minimum Gasteiger partial charge on any atom is -0.396 e. The number of aliphatic hydroxyl groups excluding tert-OH is 1. The Morgan fingerprint density at radius 1 is 1.03 bits per heavy atom. The number of hydrogen-bond donors (Lipinski definition) is 2. The number of amides is 2. The fourth-order valence-electron chi connectivity index (χ4n) is 3.97. The molecule has 0 fully saturated rings. The molecule has 2 amide bonds. The minimum atomic E-state index is -0.218. The molecule has 0 aromatic heterocycles. The summed E-state index contributed by atoms with van der Waals surface area (Å²) in [5.74, 6) is -0.405. The third kappa shape index (κ3) is 8.47. The minimum absolute atomic E-state index is 0.187. The van der Waals surface area contributed by atoms with Crippen LogP contribution in [0.5, 0.6) is 0 Å². The van der Waals surface area contributed by atoms with Crippen LogP contribution in [0.2, 0.25) is 0 Å². The number of imide groups is 1. The highest BCUT2D eigenvalue weighted by atomic mass is 16.3. The molecule has 2 bridgehead atoms. The number of hydrogen-bond acceptors (Lipinski definition) is 4. The number of aliphatic hydroxyl groups is 1. The molecule has 2 N–H and O–H groups in total. The van der Waals surface area contributed by atoms with Crippen molar-refractivity contribution in [3.63, 3.8) is 0 Å². The average molecular weight is 457 g/mol. The monoisotopic (exact) mass is 456 g/mol. The van der Waals surface area contributed by atoms with E-state index in [0.717, 1.165) is 74.8 Å². The fraction of sp³-hybridized carbons (Fsp3) is 0.571. The van der Waals surface area contributed by atoms with Crippen molar-refractivity contribution in [1.29, 1.82) is 0 Å². The summed E-state index contributed by atoms with van der Waals surface area (Å²) in [6, 6.07) is 0. The van der Waals surface area contributed by atoms with Gasteiger partial charge in [0.05, 0.1) is 0 Å². The smallest absolute Gasteiger partial charge is 0.261 e. The highest BCUT2D eigenvalue weighted by Gasteiger charge is 2.34. The van der Waals surface area contributed by atoms with Crippen molar-refractivity contribution in [2.45, 2.75) is 85.5 Å². The van der Waals surface area contributed by atoms with E-state index in [0.29, 0.717) is 24.1 Å². The molecule has 2 rings (SSSR count). The van der Waals surface area contributed by atoms with Gasteiger partial charge in [-0.25, -0.2) is 0 Å². The van der Waals surface area contributed by atoms with Gasteiger partial charge in [-0.05, 0) is 43.4 Å². The van der Waals surface area contributed by atoms with E-state index < -0.39 is 0 Å². The molecule has 0 aromatic carbocycles. The highest BCUT2D eigenvalue weighted by molar-refractivity contribution is 6.13. The predicted octanol–water partition coefficient (Wildman–Crippen LogP) is 5.75. The summed E-state index contributed by atoms with van der Waals surface area (Å²) in [6.07, 6.45) is 15.8. The molecule has 0 saturated carbocycles. The van der Waals surface area contributed by atoms with Crippen molar-refractivity contribution in [2.75, 3.05) is 19.7 Å². The summed E-state index contributed by atoms with van der Waals surface area (Å²) >= 11 is 0. The Kier molecular flexibility index (Phi) is 14.1. The van der Waals surface area contributed by atoms with E-state index in [1.807, 2.05) is 45.1 Å². The molecule has 1 aliphatic carbocycles. The van der Waals surface area contributed by atoms with Crippen molar-refractivity contribution in [3.8, 4) is 0 Å². The molecule has 0 saturated heterocycles. The summed E-state index contributed by atoms with van der Waals surface area (Å²) in [7, 11) is 0. The molecular weight excluding hydrogens is 412 g/mol. The number of fused-ring (bicyclic) bond motifs is 2. The van der Waals surface area contributed by atoms with Crippen molar-refractivity contribution in [1.82, 2.24) is 10.2 Å². The molecule has 0 spiro atoms. The molecule has 1 aliphatic heterocycles. The molecule has 5 heteroatoms. The van der Waals surface area contributed by atoms with Gasteiger partial charge in [0.25, 0.3) is 11.8 Å². The number of unbranched alkanes of at least 4 members (excludes halogenated alkanes) is 6. The summed E-state index contributed by atoms with van der Waals surface area (Å²) < 4.78 is 0. The van der Waals surface area contributed by atoms with Crippen molar-refractivity contribution in [2.24, 2.45) is 0 Å². The van der Waals surface area contributed by atoms with Crippen LogP contribution < -0.4 is 5.32 Å². The maximum absolute atomic E-state index is 13.3. The number of carbonyl (C=O) groups is 2. The predicted molar refractivity (Wildman–Crippen MR) is 138 cm³/mol. The van der Waals surface area contributed by atoms with Gasteiger partial charge in [-0.2, -0.15) is 0 Å². The van der Waals surface area contributed by atoms with Gasteiger partial charge in [0.2, 0.25) is 0 Å². The molecule has 0 unspecified atom stereocenters. The number of nitrogens with zero attached hydrogens (tertiary/aromatic N) is 1. The molecule has 5 nitrogen and oxygen atoms in total. The van der Waals surface area contributed by atoms with Gasteiger partial charge >= 0.3 is 0 Å². The first-order valence-corrected chi connectivity index (χ1v) is 12.7.